The molecule has 0 unspecified atom stereocenters. The summed E-state index contributed by atoms with van der Waals surface area (Å²) in [7, 11) is -13.1. The topological polar surface area (TPSA) is 150 Å². The van der Waals surface area contributed by atoms with Crippen LogP contribution in [-0.2, 0) is 43.9 Å². The van der Waals surface area contributed by atoms with E-state index in [9.17, 15) is 34.0 Å². The molecule has 1 aliphatic heterocycles. The van der Waals surface area contributed by atoms with Crippen LogP contribution in [0.2, 0.25) is 35.7 Å². The van der Waals surface area contributed by atoms with Crippen molar-refractivity contribution in [3.05, 3.63) is 129 Å². The van der Waals surface area contributed by atoms with Gasteiger partial charge in [-0.3, -0.25) is 0 Å². The average Bonchev–Trinajstić information content (AvgIpc) is 3.24. The van der Waals surface area contributed by atoms with Crippen LogP contribution in [0, 0.1) is 35.1 Å². The van der Waals surface area contributed by atoms with E-state index in [1.807, 2.05) is 0 Å². The maximum atomic E-state index is 15.1. The molecule has 4 aromatic rings. The van der Waals surface area contributed by atoms with Crippen LogP contribution < -0.4 is 10.5 Å². The first-order valence-electron chi connectivity index (χ1n) is 21.6. The summed E-state index contributed by atoms with van der Waals surface area (Å²) < 4.78 is 145. The monoisotopic (exact) mass is 1120 g/mol. The SMILES string of the molecule is CC[C@H]1C[C@@H]2C[C@](c3cc(F)ccc3F)(S(=O)(=O)c3ccc(Cl)cc3)CC[C@@H]2NS1(=O)=O.C[Si](C)(C)CCOC[C@@H]1C[C@](c2cc(F)ccc2F)(S(=O)(=O)c2ccc(Cl)cc2)CC[C@@H]1N.S.S.S. The lowest BCUT2D eigenvalue weighted by atomic mass is 9.72. The fourth-order valence-electron chi connectivity index (χ4n) is 9.60. The van der Waals surface area contributed by atoms with Crippen molar-refractivity contribution < 1.29 is 47.6 Å². The molecule has 7 atom stereocenters. The number of ether oxygens (including phenoxy) is 1. The summed E-state index contributed by atoms with van der Waals surface area (Å²) in [4.78, 5) is -0.0168. The number of sulfonamides is 1. The quantitative estimate of drug-likeness (QED) is 0.0809. The number of benzene rings is 4. The second kappa shape index (κ2) is 23.8. The van der Waals surface area contributed by atoms with Crippen LogP contribution >= 0.6 is 63.7 Å². The lowest BCUT2D eigenvalue weighted by Gasteiger charge is -2.47. The first-order valence-corrected chi connectivity index (χ1v) is 30.6. The van der Waals surface area contributed by atoms with Crippen molar-refractivity contribution in [1.82, 2.24) is 4.72 Å². The van der Waals surface area contributed by atoms with Crippen LogP contribution in [0.25, 0.3) is 0 Å². The Morgan fingerprint density at radius 2 is 1.19 bits per heavy atom. The third-order valence-corrected chi connectivity index (χ3v) is 22.6. The van der Waals surface area contributed by atoms with Crippen molar-refractivity contribution in [3.8, 4) is 0 Å². The molecule has 22 heteroatoms. The third-order valence-electron chi connectivity index (χ3n) is 13.3. The maximum Gasteiger partial charge on any atom is 0.214 e. The summed E-state index contributed by atoms with van der Waals surface area (Å²) in [6.45, 7) is 9.36. The molecule has 0 spiro atoms. The molecule has 380 valence electrons. The molecule has 3 fully saturated rings. The molecular weight excluding hydrogens is 1060 g/mol. The molecule has 3 aliphatic rings. The Morgan fingerprint density at radius 3 is 1.65 bits per heavy atom. The Bertz CT molecular complexity index is 2690. The number of nitrogens with one attached hydrogen (secondary N) is 1. The molecule has 0 aromatic heterocycles. The number of fused-ring (bicyclic) bond motifs is 1. The van der Waals surface area contributed by atoms with Crippen LogP contribution in [0.4, 0.5) is 17.6 Å². The molecule has 0 amide bonds. The summed E-state index contributed by atoms with van der Waals surface area (Å²) in [5, 5.41) is 0.0838. The van der Waals surface area contributed by atoms with Gasteiger partial charge in [0.05, 0.1) is 21.6 Å². The highest BCUT2D eigenvalue weighted by Gasteiger charge is 2.56. The average molecular weight is 1120 g/mol. The smallest absolute Gasteiger partial charge is 0.214 e. The van der Waals surface area contributed by atoms with Crippen LogP contribution in [-0.4, -0.2) is 63.9 Å². The molecular formula is C46H62Cl2F4N2O7S6Si. The van der Waals surface area contributed by atoms with Crippen LogP contribution in [0.15, 0.2) is 94.7 Å². The summed E-state index contributed by atoms with van der Waals surface area (Å²) in [5.41, 5.74) is 5.99. The van der Waals surface area contributed by atoms with E-state index < -0.39 is 81.8 Å². The van der Waals surface area contributed by atoms with E-state index in [0.29, 0.717) is 29.5 Å². The Kier molecular flexibility index (Phi) is 21.2. The van der Waals surface area contributed by atoms with E-state index >= 15 is 8.78 Å². The molecule has 3 N–H and O–H groups in total. The van der Waals surface area contributed by atoms with E-state index in [2.05, 4.69) is 24.4 Å². The van der Waals surface area contributed by atoms with Crippen molar-refractivity contribution >= 4 is 101 Å². The molecule has 68 heavy (non-hydrogen) atoms. The molecule has 2 saturated carbocycles. The minimum atomic E-state index is -4.18. The molecule has 1 saturated heterocycles. The molecule has 9 nitrogen and oxygen atoms in total. The highest BCUT2D eigenvalue weighted by atomic mass is 35.5. The predicted molar refractivity (Wildman–Crippen MR) is 281 cm³/mol. The van der Waals surface area contributed by atoms with E-state index in [4.69, 9.17) is 33.7 Å². The maximum absolute atomic E-state index is 15.1. The van der Waals surface area contributed by atoms with Crippen LogP contribution in [0.5, 0.6) is 0 Å². The normalized spacial score (nSPS) is 25.8. The standard InChI is InChI=1S/C24H32ClF2NO3SSi.C22H24ClF2NO4S2.3H2S/c1-33(2,3)13-12-31-16-17-15-24(11-10-23(17)28,21-14-19(26)6-9-22(21)27)32(29,30)20-7-4-18(25)5-8-20;1-2-17-11-14-13-22(10-9-21(14)26-32(17,29)30,19-12-16(24)5-8-20(19)25)31(27,28)18-6-3-15(23)4-7-18;;;/h4-9,14,17,23H,10-13,15-16,28H2,1-3H3;3-8,12,14,17,21,26H,2,9-11,13H2,1H3;3*1H2/t17-,23-,24+;14-,17+,21+,22-;;;/m01.../s1. The molecule has 0 bridgehead atoms. The van der Waals surface area contributed by atoms with Gasteiger partial charge in [-0.2, -0.15) is 40.5 Å². The van der Waals surface area contributed by atoms with Crippen LogP contribution in [0.3, 0.4) is 0 Å². The Hall–Kier alpha value is -1.82. The zero-order valence-electron chi connectivity index (χ0n) is 38.2. The number of halogens is 6. The number of hydrogen-bond donors (Lipinski definition) is 2. The van der Waals surface area contributed by atoms with Gasteiger partial charge in [-0.1, -0.05) is 49.8 Å². The highest BCUT2D eigenvalue weighted by Crippen LogP contribution is 2.53. The summed E-state index contributed by atoms with van der Waals surface area (Å²) in [6.07, 6.45) is 1.28. The van der Waals surface area contributed by atoms with Gasteiger partial charge in [0.15, 0.2) is 19.7 Å². The number of nitrogens with two attached hydrogens (primary N) is 1. The highest BCUT2D eigenvalue weighted by molar-refractivity contribution is 7.92. The molecule has 1 heterocycles. The number of hydrogen-bond acceptors (Lipinski definition) is 8. The molecule has 7 rings (SSSR count). The van der Waals surface area contributed by atoms with Crippen molar-refractivity contribution in [2.45, 2.75) is 121 Å². The minimum Gasteiger partial charge on any atom is -0.381 e. The van der Waals surface area contributed by atoms with Gasteiger partial charge in [0, 0.05) is 47.9 Å². The minimum absolute atomic E-state index is 0. The van der Waals surface area contributed by atoms with Gasteiger partial charge >= 0.3 is 0 Å². The Balaban J connectivity index is 0.000000345. The van der Waals surface area contributed by atoms with Gasteiger partial charge in [-0.15, -0.1) is 0 Å². The Morgan fingerprint density at radius 1 is 0.735 bits per heavy atom. The van der Waals surface area contributed by atoms with Gasteiger partial charge in [0.1, 0.15) is 32.8 Å². The van der Waals surface area contributed by atoms with Crippen molar-refractivity contribution in [2.75, 3.05) is 13.2 Å². The first-order chi connectivity index (χ1) is 30.4. The summed E-state index contributed by atoms with van der Waals surface area (Å²) in [6, 6.07) is 17.5. The number of sulfone groups is 2. The van der Waals surface area contributed by atoms with E-state index in [-0.39, 0.29) is 124 Å². The van der Waals surface area contributed by atoms with E-state index in [0.717, 1.165) is 42.4 Å². The second-order valence-electron chi connectivity index (χ2n) is 18.7. The number of rotatable bonds is 12. The molecule has 2 aliphatic carbocycles. The van der Waals surface area contributed by atoms with Gasteiger partial charge in [-0.25, -0.2) is 47.5 Å². The zero-order valence-corrected chi connectivity index (χ0v) is 46.1. The van der Waals surface area contributed by atoms with E-state index in [1.54, 1.807) is 6.92 Å². The first kappa shape index (κ1) is 60.5. The van der Waals surface area contributed by atoms with Crippen molar-refractivity contribution in [1.29, 1.82) is 0 Å². The van der Waals surface area contributed by atoms with Gasteiger partial charge in [0.25, 0.3) is 0 Å². The summed E-state index contributed by atoms with van der Waals surface area (Å²) >= 11 is 11.9. The van der Waals surface area contributed by atoms with E-state index in [1.165, 1.54) is 48.5 Å². The van der Waals surface area contributed by atoms with Crippen molar-refractivity contribution in [2.24, 2.45) is 17.6 Å². The lowest BCUT2D eigenvalue weighted by Crippen LogP contribution is -2.57. The second-order valence-corrected chi connectivity index (χ2v) is 31.7. The van der Waals surface area contributed by atoms with Gasteiger partial charge in [0.2, 0.25) is 10.0 Å². The van der Waals surface area contributed by atoms with Gasteiger partial charge < -0.3 is 10.5 Å². The summed E-state index contributed by atoms with van der Waals surface area (Å²) in [5.74, 6) is -3.61. The fraction of sp³-hybridized carbons (Fsp3) is 0.478. The van der Waals surface area contributed by atoms with Gasteiger partial charge in [-0.05, 0) is 154 Å². The largest absolute Gasteiger partial charge is 0.381 e. The lowest BCUT2D eigenvalue weighted by molar-refractivity contribution is 0.0753. The van der Waals surface area contributed by atoms with Crippen LogP contribution in [0.1, 0.15) is 69.4 Å². The fourth-order valence-corrected chi connectivity index (χ4v) is 16.9. The molecule has 0 radical (unpaired) electrons. The zero-order chi connectivity index (χ0) is 47.8. The molecule has 4 aromatic carbocycles. The van der Waals surface area contributed by atoms with Crippen molar-refractivity contribution in [3.63, 3.8) is 0 Å². The third kappa shape index (κ3) is 12.9. The Labute approximate surface area is 431 Å². The predicted octanol–water partition coefficient (Wildman–Crippen LogP) is 10.7.